The molecule has 112 valence electrons. The van der Waals surface area contributed by atoms with Crippen LogP contribution in [-0.2, 0) is 10.0 Å². The Labute approximate surface area is 118 Å². The second kappa shape index (κ2) is 5.94. The largest absolute Gasteiger partial charge is 0.448 e. The molecule has 0 radical (unpaired) electrons. The van der Waals surface area contributed by atoms with Gasteiger partial charge in [0.05, 0.1) is 5.56 Å². The van der Waals surface area contributed by atoms with Crippen LogP contribution in [0.3, 0.4) is 0 Å². The highest BCUT2D eigenvalue weighted by molar-refractivity contribution is 7.89. The fourth-order valence-electron chi connectivity index (χ4n) is 2.15. The van der Waals surface area contributed by atoms with E-state index in [1.807, 2.05) is 0 Å². The molecule has 0 bridgehead atoms. The lowest BCUT2D eigenvalue weighted by molar-refractivity contribution is 0.0929. The first-order valence-corrected chi connectivity index (χ1v) is 7.98. The minimum Gasteiger partial charge on any atom is -0.448 e. The molecule has 1 atom stereocenters. The van der Waals surface area contributed by atoms with E-state index < -0.39 is 10.0 Å². The molecular weight excluding hydrogens is 282 g/mol. The summed E-state index contributed by atoms with van der Waals surface area (Å²) in [6.45, 7) is 3.26. The molecule has 8 heteroatoms. The molecule has 2 heterocycles. The summed E-state index contributed by atoms with van der Waals surface area (Å²) in [6.07, 6.45) is 1.92. The van der Waals surface area contributed by atoms with Gasteiger partial charge in [-0.3, -0.25) is 4.79 Å². The van der Waals surface area contributed by atoms with Gasteiger partial charge in [-0.2, -0.15) is 0 Å². The lowest BCUT2D eigenvalue weighted by Gasteiger charge is -2.23. The van der Waals surface area contributed by atoms with Gasteiger partial charge in [-0.05, 0) is 33.4 Å². The van der Waals surface area contributed by atoms with Crippen molar-refractivity contribution in [2.75, 3.05) is 20.1 Å². The van der Waals surface area contributed by atoms with Crippen LogP contribution in [0.1, 0.15) is 29.0 Å². The Morgan fingerprint density at radius 1 is 1.50 bits per heavy atom. The van der Waals surface area contributed by atoms with E-state index in [1.54, 1.807) is 6.92 Å². The molecular formula is C12H19N3O4S. The van der Waals surface area contributed by atoms with E-state index in [2.05, 4.69) is 15.4 Å². The van der Waals surface area contributed by atoms with Gasteiger partial charge in [0.2, 0.25) is 5.09 Å². The summed E-state index contributed by atoms with van der Waals surface area (Å²) < 4.78 is 30.6. The fourth-order valence-corrected chi connectivity index (χ4v) is 2.86. The van der Waals surface area contributed by atoms with Crippen molar-refractivity contribution in [3.8, 4) is 0 Å². The highest BCUT2D eigenvalue weighted by Crippen LogP contribution is 2.19. The van der Waals surface area contributed by atoms with Crippen molar-refractivity contribution in [1.29, 1.82) is 0 Å². The number of aryl methyl sites for hydroxylation is 1. The van der Waals surface area contributed by atoms with E-state index in [4.69, 9.17) is 4.42 Å². The minimum atomic E-state index is -3.68. The van der Waals surface area contributed by atoms with Crippen LogP contribution in [0.5, 0.6) is 0 Å². The predicted molar refractivity (Wildman–Crippen MR) is 73.0 cm³/mol. The third kappa shape index (κ3) is 3.20. The first-order chi connectivity index (χ1) is 9.44. The zero-order valence-electron chi connectivity index (χ0n) is 11.5. The molecule has 7 nitrogen and oxygen atoms in total. The molecule has 1 amide bonds. The van der Waals surface area contributed by atoms with Gasteiger partial charge in [-0.25, -0.2) is 13.1 Å². The summed E-state index contributed by atoms with van der Waals surface area (Å²) in [5.41, 5.74) is 0.254. The maximum atomic E-state index is 12.1. The molecule has 2 rings (SSSR count). The van der Waals surface area contributed by atoms with E-state index in [-0.39, 0.29) is 22.6 Å². The molecule has 20 heavy (non-hydrogen) atoms. The summed E-state index contributed by atoms with van der Waals surface area (Å²) in [4.78, 5) is 12.1. The third-order valence-electron chi connectivity index (χ3n) is 3.31. The summed E-state index contributed by atoms with van der Waals surface area (Å²) in [5.74, 6) is -0.0161. The molecule has 3 N–H and O–H groups in total. The normalized spacial score (nSPS) is 19.8. The van der Waals surface area contributed by atoms with Crippen molar-refractivity contribution in [2.24, 2.45) is 0 Å². The Balaban J connectivity index is 2.14. The molecule has 0 aromatic carbocycles. The number of sulfonamides is 1. The molecule has 1 aliphatic rings. The molecule has 1 aromatic rings. The summed E-state index contributed by atoms with van der Waals surface area (Å²) >= 11 is 0. The maximum Gasteiger partial charge on any atom is 0.273 e. The van der Waals surface area contributed by atoms with E-state index in [9.17, 15) is 13.2 Å². The van der Waals surface area contributed by atoms with Crippen molar-refractivity contribution >= 4 is 15.9 Å². The van der Waals surface area contributed by atoms with Gasteiger partial charge < -0.3 is 15.1 Å². The van der Waals surface area contributed by atoms with Gasteiger partial charge in [0.15, 0.2) is 0 Å². The van der Waals surface area contributed by atoms with Crippen LogP contribution in [0.2, 0.25) is 0 Å². The summed E-state index contributed by atoms with van der Waals surface area (Å²) in [7, 11) is -2.38. The van der Waals surface area contributed by atoms with Crippen molar-refractivity contribution in [1.82, 2.24) is 15.4 Å². The van der Waals surface area contributed by atoms with Gasteiger partial charge in [0, 0.05) is 18.7 Å². The molecule has 1 saturated heterocycles. The second-order valence-electron chi connectivity index (χ2n) is 4.76. The van der Waals surface area contributed by atoms with Crippen molar-refractivity contribution in [2.45, 2.75) is 30.9 Å². The zero-order chi connectivity index (χ0) is 14.8. The lowest BCUT2D eigenvalue weighted by atomic mass is 10.1. The van der Waals surface area contributed by atoms with Gasteiger partial charge in [-0.1, -0.05) is 0 Å². The second-order valence-corrected chi connectivity index (χ2v) is 6.58. The highest BCUT2D eigenvalue weighted by Gasteiger charge is 2.24. The first kappa shape index (κ1) is 15.0. The summed E-state index contributed by atoms with van der Waals surface area (Å²) in [6, 6.07) is 1.32. The van der Waals surface area contributed by atoms with E-state index in [0.29, 0.717) is 5.76 Å². The molecule has 1 fully saturated rings. The van der Waals surface area contributed by atoms with Gasteiger partial charge in [0.1, 0.15) is 5.76 Å². The van der Waals surface area contributed by atoms with E-state index in [0.717, 1.165) is 25.9 Å². The number of hydrogen-bond donors (Lipinski definition) is 3. The molecule has 1 unspecified atom stereocenters. The van der Waals surface area contributed by atoms with Crippen LogP contribution in [-0.4, -0.2) is 40.5 Å². The highest BCUT2D eigenvalue weighted by atomic mass is 32.2. The van der Waals surface area contributed by atoms with Gasteiger partial charge in [0.25, 0.3) is 15.9 Å². The molecule has 0 aliphatic carbocycles. The number of nitrogens with one attached hydrogen (secondary N) is 3. The van der Waals surface area contributed by atoms with Crippen LogP contribution in [0.25, 0.3) is 0 Å². The van der Waals surface area contributed by atoms with Crippen LogP contribution >= 0.6 is 0 Å². The molecule has 1 aromatic heterocycles. The standard InChI is InChI=1S/C12H19N3O4S/c1-8-10(6-11(19-8)20(17,18)13-2)12(16)15-9-4-3-5-14-7-9/h6,9,13-14H,3-5,7H2,1-2H3,(H,15,16). The Bertz CT molecular complexity index is 588. The molecule has 0 saturated carbocycles. The topological polar surface area (TPSA) is 100 Å². The van der Waals surface area contributed by atoms with Crippen molar-refractivity contribution in [3.63, 3.8) is 0 Å². The van der Waals surface area contributed by atoms with E-state index in [1.165, 1.54) is 13.1 Å². The molecule has 1 aliphatic heterocycles. The van der Waals surface area contributed by atoms with E-state index >= 15 is 0 Å². The van der Waals surface area contributed by atoms with Crippen LogP contribution < -0.4 is 15.4 Å². The number of rotatable bonds is 4. The van der Waals surface area contributed by atoms with Crippen molar-refractivity contribution in [3.05, 3.63) is 17.4 Å². The lowest BCUT2D eigenvalue weighted by Crippen LogP contribution is -2.45. The average molecular weight is 301 g/mol. The van der Waals surface area contributed by atoms with Crippen LogP contribution in [0.15, 0.2) is 15.6 Å². The van der Waals surface area contributed by atoms with Crippen LogP contribution in [0.4, 0.5) is 0 Å². The number of carbonyl (C=O) groups is 1. The average Bonchev–Trinajstić information content (AvgIpc) is 2.83. The third-order valence-corrected chi connectivity index (χ3v) is 4.57. The predicted octanol–water partition coefficient (Wildman–Crippen LogP) is -0.0221. The fraction of sp³-hybridized carbons (Fsp3) is 0.583. The van der Waals surface area contributed by atoms with Gasteiger partial charge >= 0.3 is 0 Å². The minimum absolute atomic E-state index is 0.0647. The number of furan rings is 1. The summed E-state index contributed by atoms with van der Waals surface area (Å²) in [5, 5.41) is 5.84. The first-order valence-electron chi connectivity index (χ1n) is 6.49. The Morgan fingerprint density at radius 3 is 2.85 bits per heavy atom. The quantitative estimate of drug-likeness (QED) is 0.725. The smallest absolute Gasteiger partial charge is 0.273 e. The zero-order valence-corrected chi connectivity index (χ0v) is 12.3. The number of carbonyl (C=O) groups excluding carboxylic acids is 1. The Morgan fingerprint density at radius 2 is 2.25 bits per heavy atom. The Hall–Kier alpha value is -1.38. The number of hydrogen-bond acceptors (Lipinski definition) is 5. The van der Waals surface area contributed by atoms with Crippen molar-refractivity contribution < 1.29 is 17.6 Å². The monoisotopic (exact) mass is 301 g/mol. The SMILES string of the molecule is CNS(=O)(=O)c1cc(C(=O)NC2CCCNC2)c(C)o1. The Kier molecular flexibility index (Phi) is 4.46. The van der Waals surface area contributed by atoms with Crippen LogP contribution in [0, 0.1) is 6.92 Å². The number of piperidine rings is 1. The molecule has 0 spiro atoms. The van der Waals surface area contributed by atoms with Gasteiger partial charge in [-0.15, -0.1) is 0 Å². The number of amides is 1. The maximum absolute atomic E-state index is 12.1.